The van der Waals surface area contributed by atoms with Gasteiger partial charge >= 0.3 is 12.2 Å². The zero-order chi connectivity index (χ0) is 23.6. The summed E-state index contributed by atoms with van der Waals surface area (Å²) >= 11 is 1.17. The van der Waals surface area contributed by atoms with Gasteiger partial charge in [0, 0.05) is 12.1 Å². The summed E-state index contributed by atoms with van der Waals surface area (Å²) in [6.07, 6.45) is 0.856. The highest BCUT2D eigenvalue weighted by Crippen LogP contribution is 2.29. The number of hydrogen-bond donors (Lipinski definition) is 1. The topological polar surface area (TPSA) is 96.9 Å². The van der Waals surface area contributed by atoms with E-state index >= 15 is 0 Å². The largest absolute Gasteiger partial charge is 0.443 e. The third-order valence-corrected chi connectivity index (χ3v) is 5.84. The Balaban J connectivity index is 0.00000324. The summed E-state index contributed by atoms with van der Waals surface area (Å²) in [5.41, 5.74) is 2.68. The van der Waals surface area contributed by atoms with E-state index in [1.165, 1.54) is 32.7 Å². The van der Waals surface area contributed by atoms with Crippen LogP contribution in [0.1, 0.15) is 32.8 Å². The number of hydrogen-bond acceptors (Lipinski definition) is 8. The molecule has 1 saturated heterocycles. The Bertz CT molecular complexity index is 1060. The van der Waals surface area contributed by atoms with Crippen LogP contribution in [0.5, 0.6) is 0 Å². The van der Waals surface area contributed by atoms with Crippen molar-refractivity contribution in [3.05, 3.63) is 41.2 Å². The van der Waals surface area contributed by atoms with Crippen molar-refractivity contribution in [3.63, 3.8) is 0 Å². The second-order valence-electron chi connectivity index (χ2n) is 8.78. The monoisotopic (exact) mass is 511 g/mol. The summed E-state index contributed by atoms with van der Waals surface area (Å²) in [5.74, 6) is -0.388. The molecule has 1 fully saturated rings. The number of amides is 2. The molecule has 2 aliphatic heterocycles. The Kier molecular flexibility index (Phi) is 8.11. The van der Waals surface area contributed by atoms with Gasteiger partial charge in [0.05, 0.1) is 18.8 Å². The highest BCUT2D eigenvalue weighted by atomic mass is 35.5. The van der Waals surface area contributed by atoms with Crippen LogP contribution in [0.25, 0.3) is 5.57 Å². The Hall–Kier alpha value is -2.76. The molecule has 1 N–H and O–H groups in total. The molecule has 2 aromatic rings. The number of nitrogens with one attached hydrogen (secondary N) is 1. The molecule has 9 nitrogen and oxygen atoms in total. The van der Waals surface area contributed by atoms with Crippen LogP contribution in [0.4, 0.5) is 24.8 Å². The van der Waals surface area contributed by atoms with Crippen molar-refractivity contribution in [2.45, 2.75) is 38.9 Å². The number of anilines is 2. The van der Waals surface area contributed by atoms with Gasteiger partial charge in [-0.1, -0.05) is 17.4 Å². The molecule has 0 bridgehead atoms. The fourth-order valence-corrected chi connectivity index (χ4v) is 4.22. The molecule has 1 atom stereocenters. The lowest BCUT2D eigenvalue weighted by Crippen LogP contribution is -2.42. The first-order valence-electron chi connectivity index (χ1n) is 10.7. The van der Waals surface area contributed by atoms with E-state index in [1.807, 2.05) is 6.08 Å². The lowest BCUT2D eigenvalue weighted by atomic mass is 9.99. The molecule has 0 unspecified atom stereocenters. The van der Waals surface area contributed by atoms with E-state index in [-0.39, 0.29) is 31.3 Å². The number of carbonyl (C=O) groups is 2. The smallest absolute Gasteiger partial charge is 0.416 e. The quantitative estimate of drug-likeness (QED) is 0.641. The third kappa shape index (κ3) is 6.02. The first kappa shape index (κ1) is 25.9. The molecule has 34 heavy (non-hydrogen) atoms. The molecule has 0 saturated carbocycles. The highest BCUT2D eigenvalue weighted by Gasteiger charge is 2.37. The van der Waals surface area contributed by atoms with Crippen molar-refractivity contribution in [1.29, 1.82) is 0 Å². The first-order valence-corrected chi connectivity index (χ1v) is 11.5. The van der Waals surface area contributed by atoms with Crippen LogP contribution in [0, 0.1) is 5.82 Å². The Labute approximate surface area is 207 Å². The standard InChI is InChI=1S/C22H26FN5O4S.ClH/c1-22(2,3)32-21(30)28(19-26-25-13-33-19)12-16-11-27(20(29)31-16)15-4-5-17(18(23)10-15)14-6-8-24-9-7-14;/h4-6,10,13,16,24H,7-9,11-12H2,1-3H3;1H/t16-;/m1./s1. The van der Waals surface area contributed by atoms with Crippen LogP contribution in [0.15, 0.2) is 29.8 Å². The summed E-state index contributed by atoms with van der Waals surface area (Å²) in [5, 5.41) is 11.3. The molecule has 2 amide bonds. The van der Waals surface area contributed by atoms with Crippen LogP contribution in [0.3, 0.4) is 0 Å². The first-order chi connectivity index (χ1) is 15.7. The van der Waals surface area contributed by atoms with E-state index in [4.69, 9.17) is 9.47 Å². The Morgan fingerprint density at radius 1 is 1.41 bits per heavy atom. The normalized spacial score (nSPS) is 18.1. The van der Waals surface area contributed by atoms with Gasteiger partial charge in [0.15, 0.2) is 0 Å². The van der Waals surface area contributed by atoms with Crippen LogP contribution >= 0.6 is 23.7 Å². The number of carbonyl (C=O) groups excluding carboxylic acids is 2. The predicted molar refractivity (Wildman–Crippen MR) is 130 cm³/mol. The zero-order valence-electron chi connectivity index (χ0n) is 19.1. The zero-order valence-corrected chi connectivity index (χ0v) is 20.7. The number of ether oxygens (including phenoxy) is 2. The van der Waals surface area contributed by atoms with Crippen LogP contribution in [-0.4, -0.2) is 60.3 Å². The van der Waals surface area contributed by atoms with Gasteiger partial charge in [-0.05, 0) is 57.5 Å². The number of cyclic esters (lactones) is 1. The molecular weight excluding hydrogens is 485 g/mol. The van der Waals surface area contributed by atoms with Gasteiger partial charge in [-0.2, -0.15) is 0 Å². The SMILES string of the molecule is CC(C)(C)OC(=O)N(C[C@H]1CN(c2ccc(C3=CCNCC3)c(F)c2)C(=O)O1)c1nncs1.Cl. The molecule has 4 rings (SSSR count). The average Bonchev–Trinajstić information content (AvgIpc) is 3.41. The van der Waals surface area contributed by atoms with Crippen molar-refractivity contribution in [2.24, 2.45) is 0 Å². The molecule has 1 aromatic carbocycles. The fourth-order valence-electron chi connectivity index (χ4n) is 3.66. The minimum Gasteiger partial charge on any atom is -0.443 e. The molecule has 12 heteroatoms. The summed E-state index contributed by atoms with van der Waals surface area (Å²) in [6, 6.07) is 4.75. The molecule has 2 aliphatic rings. The maximum absolute atomic E-state index is 14.8. The highest BCUT2D eigenvalue weighted by molar-refractivity contribution is 7.13. The molecule has 0 radical (unpaired) electrons. The predicted octanol–water partition coefficient (Wildman–Crippen LogP) is 4.24. The summed E-state index contributed by atoms with van der Waals surface area (Å²) in [7, 11) is 0. The lowest BCUT2D eigenvalue weighted by Gasteiger charge is -2.26. The third-order valence-electron chi connectivity index (χ3n) is 5.13. The van der Waals surface area contributed by atoms with Crippen LogP contribution in [-0.2, 0) is 9.47 Å². The van der Waals surface area contributed by atoms with Crippen LogP contribution in [0.2, 0.25) is 0 Å². The number of benzene rings is 1. The minimum atomic E-state index is -0.707. The van der Waals surface area contributed by atoms with E-state index in [2.05, 4.69) is 15.5 Å². The molecule has 0 spiro atoms. The summed E-state index contributed by atoms with van der Waals surface area (Å²) in [6.45, 7) is 6.99. The van der Waals surface area contributed by atoms with Gasteiger partial charge in [-0.25, -0.2) is 18.9 Å². The van der Waals surface area contributed by atoms with Gasteiger partial charge in [0.25, 0.3) is 0 Å². The van der Waals surface area contributed by atoms with E-state index in [0.717, 1.165) is 18.5 Å². The van der Waals surface area contributed by atoms with Crippen LogP contribution < -0.4 is 15.1 Å². The van der Waals surface area contributed by atoms with Gasteiger partial charge < -0.3 is 14.8 Å². The van der Waals surface area contributed by atoms with Crippen molar-refractivity contribution < 1.29 is 23.5 Å². The van der Waals surface area contributed by atoms with Crippen molar-refractivity contribution >= 4 is 52.3 Å². The molecule has 3 heterocycles. The molecule has 0 aliphatic carbocycles. The van der Waals surface area contributed by atoms with Gasteiger partial charge in [-0.3, -0.25) is 4.90 Å². The van der Waals surface area contributed by atoms with E-state index in [0.29, 0.717) is 22.9 Å². The molecular formula is C22H27ClFN5O4S. The van der Waals surface area contributed by atoms with E-state index < -0.39 is 23.9 Å². The second-order valence-corrected chi connectivity index (χ2v) is 9.59. The van der Waals surface area contributed by atoms with Gasteiger partial charge in [-0.15, -0.1) is 22.6 Å². The Morgan fingerprint density at radius 3 is 2.82 bits per heavy atom. The average molecular weight is 512 g/mol. The fraction of sp³-hybridized carbons (Fsp3) is 0.455. The summed E-state index contributed by atoms with van der Waals surface area (Å²) in [4.78, 5) is 28.0. The number of nitrogens with zero attached hydrogens (tertiary/aromatic N) is 4. The Morgan fingerprint density at radius 2 is 2.21 bits per heavy atom. The van der Waals surface area contributed by atoms with Gasteiger partial charge in [0.1, 0.15) is 23.0 Å². The minimum absolute atomic E-state index is 0. The maximum atomic E-state index is 14.8. The summed E-state index contributed by atoms with van der Waals surface area (Å²) < 4.78 is 25.8. The number of halogens is 2. The molecule has 184 valence electrons. The van der Waals surface area contributed by atoms with E-state index in [1.54, 1.807) is 32.9 Å². The van der Waals surface area contributed by atoms with Crippen molar-refractivity contribution in [3.8, 4) is 0 Å². The number of rotatable bonds is 5. The second kappa shape index (κ2) is 10.7. The molecule has 1 aromatic heterocycles. The lowest BCUT2D eigenvalue weighted by molar-refractivity contribution is 0.0558. The van der Waals surface area contributed by atoms with Crippen molar-refractivity contribution in [2.75, 3.05) is 36.0 Å². The maximum Gasteiger partial charge on any atom is 0.416 e. The number of aromatic nitrogens is 2. The van der Waals surface area contributed by atoms with Gasteiger partial charge in [0.2, 0.25) is 5.13 Å². The van der Waals surface area contributed by atoms with E-state index in [9.17, 15) is 14.0 Å². The van der Waals surface area contributed by atoms with Crippen molar-refractivity contribution in [1.82, 2.24) is 15.5 Å².